The summed E-state index contributed by atoms with van der Waals surface area (Å²) in [6, 6.07) is 11.2. The maximum atomic E-state index is 3.13. The first-order valence-corrected chi connectivity index (χ1v) is 6.65. The predicted octanol–water partition coefficient (Wildman–Crippen LogP) is 3.91. The minimum Gasteiger partial charge on any atom is -0.131 e. The molecule has 3 saturated carbocycles. The molecule has 0 N–H and O–H groups in total. The minimum absolute atomic E-state index is 0.541. The number of hydrogen-bond donors (Lipinski definition) is 0. The summed E-state index contributed by atoms with van der Waals surface area (Å²) in [5, 5.41) is 0.608. The van der Waals surface area contributed by atoms with Gasteiger partial charge in [-0.1, -0.05) is 30.3 Å². The van der Waals surface area contributed by atoms with Crippen molar-refractivity contribution < 1.29 is 0 Å². The van der Waals surface area contributed by atoms with Crippen LogP contribution in [0.15, 0.2) is 30.3 Å². The molecule has 3 fully saturated rings. The van der Waals surface area contributed by atoms with Crippen LogP contribution in [0.2, 0.25) is 0 Å². The van der Waals surface area contributed by atoms with Crippen molar-refractivity contribution in [3.63, 3.8) is 0 Å². The SMILES string of the molecule is PC12CCC(c3ccccc3)(CC1)CC2. The molecule has 1 atom stereocenters. The fraction of sp³-hybridized carbons (Fsp3) is 0.571. The molecule has 0 nitrogen and oxygen atoms in total. The van der Waals surface area contributed by atoms with Gasteiger partial charge in [-0.05, 0) is 54.7 Å². The summed E-state index contributed by atoms with van der Waals surface area (Å²) in [4.78, 5) is 0. The number of benzene rings is 1. The molecule has 0 aromatic heterocycles. The lowest BCUT2D eigenvalue weighted by atomic mass is 9.57. The van der Waals surface area contributed by atoms with Crippen molar-refractivity contribution in [1.82, 2.24) is 0 Å². The van der Waals surface area contributed by atoms with Gasteiger partial charge in [0.05, 0.1) is 0 Å². The van der Waals surface area contributed by atoms with E-state index in [4.69, 9.17) is 0 Å². The van der Waals surface area contributed by atoms with Gasteiger partial charge in [-0.25, -0.2) is 0 Å². The van der Waals surface area contributed by atoms with Crippen LogP contribution in [-0.4, -0.2) is 5.16 Å². The smallest absolute Gasteiger partial charge is 0.00460 e. The van der Waals surface area contributed by atoms with Gasteiger partial charge in [-0.15, -0.1) is 9.24 Å². The van der Waals surface area contributed by atoms with Crippen LogP contribution in [0.25, 0.3) is 0 Å². The van der Waals surface area contributed by atoms with Gasteiger partial charge in [0.25, 0.3) is 0 Å². The predicted molar refractivity (Wildman–Crippen MR) is 68.3 cm³/mol. The van der Waals surface area contributed by atoms with E-state index in [9.17, 15) is 0 Å². The van der Waals surface area contributed by atoms with Crippen molar-refractivity contribution in [2.24, 2.45) is 0 Å². The van der Waals surface area contributed by atoms with E-state index in [1.165, 1.54) is 38.5 Å². The van der Waals surface area contributed by atoms with E-state index in [0.717, 1.165) is 0 Å². The normalized spacial score (nSPS) is 39.3. The Morgan fingerprint density at radius 2 is 1.33 bits per heavy atom. The number of fused-ring (bicyclic) bond motifs is 3. The van der Waals surface area contributed by atoms with Gasteiger partial charge in [-0.3, -0.25) is 0 Å². The zero-order valence-corrected chi connectivity index (χ0v) is 10.4. The molecular formula is C14H19P. The van der Waals surface area contributed by atoms with Crippen LogP contribution in [-0.2, 0) is 5.41 Å². The van der Waals surface area contributed by atoms with Gasteiger partial charge in [0.15, 0.2) is 0 Å². The Labute approximate surface area is 94.7 Å². The van der Waals surface area contributed by atoms with Crippen LogP contribution >= 0.6 is 9.24 Å². The van der Waals surface area contributed by atoms with E-state index in [1.807, 2.05) is 0 Å². The minimum atomic E-state index is 0.541. The topological polar surface area (TPSA) is 0 Å². The first kappa shape index (κ1) is 9.85. The zero-order chi connectivity index (χ0) is 10.4. The Balaban J connectivity index is 1.94. The van der Waals surface area contributed by atoms with Crippen molar-refractivity contribution in [1.29, 1.82) is 0 Å². The molecule has 1 aromatic rings. The average molecular weight is 218 g/mol. The first-order valence-electron chi connectivity index (χ1n) is 6.07. The lowest BCUT2D eigenvalue weighted by Crippen LogP contribution is -2.44. The molecule has 4 rings (SSSR count). The Bertz CT molecular complexity index is 330. The summed E-state index contributed by atoms with van der Waals surface area (Å²) >= 11 is 0. The van der Waals surface area contributed by atoms with Crippen molar-refractivity contribution in [3.8, 4) is 0 Å². The van der Waals surface area contributed by atoms with Crippen molar-refractivity contribution in [2.75, 3.05) is 0 Å². The highest BCUT2D eigenvalue weighted by molar-refractivity contribution is 7.19. The molecule has 80 valence electrons. The molecule has 15 heavy (non-hydrogen) atoms. The first-order chi connectivity index (χ1) is 7.23. The van der Waals surface area contributed by atoms with Crippen molar-refractivity contribution >= 4 is 9.24 Å². The van der Waals surface area contributed by atoms with Gasteiger partial charge >= 0.3 is 0 Å². The molecule has 3 aliphatic carbocycles. The molecular weight excluding hydrogens is 199 g/mol. The fourth-order valence-corrected chi connectivity index (χ4v) is 3.87. The van der Waals surface area contributed by atoms with Gasteiger partial charge in [-0.2, -0.15) is 0 Å². The maximum Gasteiger partial charge on any atom is -0.00460 e. The van der Waals surface area contributed by atoms with E-state index < -0.39 is 0 Å². The van der Waals surface area contributed by atoms with Crippen LogP contribution in [0, 0.1) is 0 Å². The van der Waals surface area contributed by atoms with Crippen LogP contribution in [0.5, 0.6) is 0 Å². The van der Waals surface area contributed by atoms with E-state index in [0.29, 0.717) is 10.6 Å². The summed E-state index contributed by atoms with van der Waals surface area (Å²) in [5.74, 6) is 0. The molecule has 0 radical (unpaired) electrons. The van der Waals surface area contributed by atoms with Crippen LogP contribution < -0.4 is 0 Å². The summed E-state index contributed by atoms with van der Waals surface area (Å²) in [5.41, 5.74) is 2.14. The van der Waals surface area contributed by atoms with Gasteiger partial charge in [0.2, 0.25) is 0 Å². The Hall–Kier alpha value is -0.350. The average Bonchev–Trinajstić information content (AvgIpc) is 2.32. The molecule has 1 heteroatoms. The highest BCUT2D eigenvalue weighted by Crippen LogP contribution is 2.56. The fourth-order valence-electron chi connectivity index (χ4n) is 3.44. The molecule has 0 heterocycles. The lowest BCUT2D eigenvalue weighted by Gasteiger charge is -2.52. The van der Waals surface area contributed by atoms with Crippen LogP contribution in [0.3, 0.4) is 0 Å². The van der Waals surface area contributed by atoms with Crippen LogP contribution in [0.1, 0.15) is 44.1 Å². The summed E-state index contributed by atoms with van der Waals surface area (Å²) in [6.45, 7) is 0. The highest BCUT2D eigenvalue weighted by atomic mass is 31.0. The third-order valence-corrected chi connectivity index (χ3v) is 5.56. The van der Waals surface area contributed by atoms with Crippen LogP contribution in [0.4, 0.5) is 0 Å². The molecule has 1 unspecified atom stereocenters. The largest absolute Gasteiger partial charge is 0.131 e. The summed E-state index contributed by atoms with van der Waals surface area (Å²) < 4.78 is 0. The van der Waals surface area contributed by atoms with E-state index in [1.54, 1.807) is 5.56 Å². The van der Waals surface area contributed by atoms with E-state index >= 15 is 0 Å². The number of rotatable bonds is 1. The van der Waals surface area contributed by atoms with E-state index in [-0.39, 0.29) is 0 Å². The summed E-state index contributed by atoms with van der Waals surface area (Å²) in [7, 11) is 3.13. The van der Waals surface area contributed by atoms with Gasteiger partial charge < -0.3 is 0 Å². The molecule has 0 amide bonds. The quantitative estimate of drug-likeness (QED) is 0.627. The third-order valence-electron chi connectivity index (χ3n) is 4.69. The molecule has 1 aromatic carbocycles. The van der Waals surface area contributed by atoms with Gasteiger partial charge in [0.1, 0.15) is 0 Å². The third kappa shape index (κ3) is 1.54. The lowest BCUT2D eigenvalue weighted by molar-refractivity contribution is 0.158. The molecule has 0 saturated heterocycles. The summed E-state index contributed by atoms with van der Waals surface area (Å²) in [6.07, 6.45) is 8.44. The second-order valence-corrected chi connectivity index (χ2v) is 6.73. The molecule has 0 aliphatic heterocycles. The standard InChI is InChI=1S/C14H19P/c15-14-9-6-13(7-10-14,8-11-14)12-4-2-1-3-5-12/h1-5H,6-11,15H2. The highest BCUT2D eigenvalue weighted by Gasteiger charge is 2.46. The van der Waals surface area contributed by atoms with Crippen molar-refractivity contribution in [2.45, 2.75) is 49.1 Å². The zero-order valence-electron chi connectivity index (χ0n) is 9.21. The molecule has 2 bridgehead atoms. The Morgan fingerprint density at radius 3 is 1.87 bits per heavy atom. The van der Waals surface area contributed by atoms with Gasteiger partial charge in [0, 0.05) is 0 Å². The number of hydrogen-bond acceptors (Lipinski definition) is 0. The monoisotopic (exact) mass is 218 g/mol. The van der Waals surface area contributed by atoms with Crippen molar-refractivity contribution in [3.05, 3.63) is 35.9 Å². The molecule has 0 spiro atoms. The van der Waals surface area contributed by atoms with E-state index in [2.05, 4.69) is 39.6 Å². The second kappa shape index (κ2) is 3.32. The molecule has 3 aliphatic rings. The Morgan fingerprint density at radius 1 is 0.800 bits per heavy atom. The maximum absolute atomic E-state index is 3.13. The second-order valence-electron chi connectivity index (χ2n) is 5.51. The Kier molecular flexibility index (Phi) is 2.18.